The van der Waals surface area contributed by atoms with Gasteiger partial charge in [0.15, 0.2) is 0 Å². The van der Waals surface area contributed by atoms with Gasteiger partial charge < -0.3 is 9.64 Å². The average Bonchev–Trinajstić information content (AvgIpc) is 2.91. The van der Waals surface area contributed by atoms with Crippen LogP contribution in [0.25, 0.3) is 21.5 Å². The van der Waals surface area contributed by atoms with Crippen molar-refractivity contribution in [2.45, 2.75) is 25.0 Å². The Labute approximate surface area is 184 Å². The number of rotatable bonds is 0. The Morgan fingerprint density at radius 3 is 2.57 bits per heavy atom. The van der Waals surface area contributed by atoms with E-state index in [1.54, 1.807) is 0 Å². The summed E-state index contributed by atoms with van der Waals surface area (Å²) in [7, 11) is 2.11. The number of fused-ring (bicyclic) bond motifs is 6. The van der Waals surface area contributed by atoms with Crippen LogP contribution in [0.5, 0.6) is 5.75 Å². The first-order valence-electron chi connectivity index (χ1n) is 10.1. The van der Waals surface area contributed by atoms with Crippen LogP contribution < -0.4 is 9.64 Å². The molecule has 1 unspecified atom stereocenters. The predicted octanol–water partition coefficient (Wildman–Crippen LogP) is 6.97. The van der Waals surface area contributed by atoms with E-state index in [0.717, 1.165) is 26.7 Å². The molecule has 0 N–H and O–H groups in total. The van der Waals surface area contributed by atoms with Gasteiger partial charge in [0.1, 0.15) is 11.4 Å². The van der Waals surface area contributed by atoms with Crippen LogP contribution in [0.4, 0.5) is 11.4 Å². The summed E-state index contributed by atoms with van der Waals surface area (Å²) in [5.41, 5.74) is 2.42. The second-order valence-electron chi connectivity index (χ2n) is 8.70. The largest absolute Gasteiger partial charge is 0.459 e. The quantitative estimate of drug-likeness (QED) is 0.285. The summed E-state index contributed by atoms with van der Waals surface area (Å²) in [6.45, 7) is 4.52. The molecule has 0 amide bonds. The zero-order valence-corrected chi connectivity index (χ0v) is 18.7. The molecule has 0 radical (unpaired) electrons. The Morgan fingerprint density at radius 1 is 0.900 bits per heavy atom. The molecule has 2 aliphatic heterocycles. The van der Waals surface area contributed by atoms with Crippen LogP contribution in [0.2, 0.25) is 0 Å². The van der Waals surface area contributed by atoms with Gasteiger partial charge >= 0.3 is 0 Å². The highest BCUT2D eigenvalue weighted by Crippen LogP contribution is 2.56. The van der Waals surface area contributed by atoms with Crippen molar-refractivity contribution in [3.8, 4) is 5.75 Å². The van der Waals surface area contributed by atoms with Crippen molar-refractivity contribution in [1.29, 1.82) is 0 Å². The SMILES string of the molecule is CN1c2ccc3ccccc3c2C(C)(C)C12C=Nc1c(ccc3cc(Br)ccc13)O2. The second kappa shape index (κ2) is 5.86. The molecule has 0 saturated heterocycles. The second-order valence-corrected chi connectivity index (χ2v) is 9.61. The monoisotopic (exact) mass is 456 g/mol. The van der Waals surface area contributed by atoms with E-state index in [0.29, 0.717) is 0 Å². The number of hydrogen-bond acceptors (Lipinski definition) is 3. The van der Waals surface area contributed by atoms with E-state index in [1.807, 2.05) is 12.3 Å². The number of ether oxygens (including phenoxy) is 1. The van der Waals surface area contributed by atoms with Crippen molar-refractivity contribution in [3.05, 3.63) is 76.8 Å². The van der Waals surface area contributed by atoms with Gasteiger partial charge in [0.2, 0.25) is 5.72 Å². The third-order valence-corrected chi connectivity index (χ3v) is 7.33. The third kappa shape index (κ3) is 2.12. The number of benzene rings is 4. The third-order valence-electron chi connectivity index (χ3n) is 6.84. The van der Waals surface area contributed by atoms with Crippen LogP contribution in [-0.4, -0.2) is 19.0 Å². The molecule has 1 spiro atoms. The lowest BCUT2D eigenvalue weighted by Crippen LogP contribution is -2.61. The fraction of sp³-hybridized carbons (Fsp3) is 0.192. The first kappa shape index (κ1) is 18.0. The Morgan fingerprint density at radius 2 is 1.70 bits per heavy atom. The van der Waals surface area contributed by atoms with E-state index in [1.165, 1.54) is 22.0 Å². The molecular formula is C26H21BrN2O. The van der Waals surface area contributed by atoms with Crippen molar-refractivity contribution >= 4 is 55.1 Å². The summed E-state index contributed by atoms with van der Waals surface area (Å²) >= 11 is 3.56. The van der Waals surface area contributed by atoms with Crippen LogP contribution >= 0.6 is 15.9 Å². The highest BCUT2D eigenvalue weighted by Gasteiger charge is 2.59. The molecule has 0 aromatic heterocycles. The lowest BCUT2D eigenvalue weighted by atomic mass is 9.76. The van der Waals surface area contributed by atoms with Crippen LogP contribution in [0.15, 0.2) is 76.2 Å². The Kier molecular flexibility index (Phi) is 3.51. The smallest absolute Gasteiger partial charge is 0.228 e. The molecule has 0 aliphatic carbocycles. The molecule has 3 nitrogen and oxygen atoms in total. The first-order valence-corrected chi connectivity index (χ1v) is 10.9. The Bertz CT molecular complexity index is 1390. The van der Waals surface area contributed by atoms with Crippen LogP contribution in [0.1, 0.15) is 19.4 Å². The molecule has 4 aromatic rings. The van der Waals surface area contributed by atoms with Gasteiger partial charge in [-0.25, -0.2) is 0 Å². The normalized spacial score (nSPS) is 21.1. The molecule has 4 aromatic carbocycles. The molecular weight excluding hydrogens is 436 g/mol. The van der Waals surface area contributed by atoms with Crippen LogP contribution in [0, 0.1) is 0 Å². The maximum absolute atomic E-state index is 6.84. The van der Waals surface area contributed by atoms with Gasteiger partial charge in [-0.1, -0.05) is 58.4 Å². The average molecular weight is 457 g/mol. The van der Waals surface area contributed by atoms with Crippen molar-refractivity contribution in [2.75, 3.05) is 11.9 Å². The molecule has 2 heterocycles. The van der Waals surface area contributed by atoms with Gasteiger partial charge in [0.05, 0.1) is 11.6 Å². The zero-order valence-electron chi connectivity index (χ0n) is 17.1. The van der Waals surface area contributed by atoms with Crippen LogP contribution in [-0.2, 0) is 5.41 Å². The first-order chi connectivity index (χ1) is 14.4. The maximum Gasteiger partial charge on any atom is 0.228 e. The summed E-state index contributed by atoms with van der Waals surface area (Å²) in [4.78, 5) is 7.23. The lowest BCUT2D eigenvalue weighted by Gasteiger charge is -2.45. The Hall–Kier alpha value is -2.85. The van der Waals surface area contributed by atoms with Gasteiger partial charge in [0.25, 0.3) is 0 Å². The fourth-order valence-electron chi connectivity index (χ4n) is 5.24. The number of anilines is 1. The van der Waals surface area contributed by atoms with Gasteiger partial charge in [-0.15, -0.1) is 0 Å². The van der Waals surface area contributed by atoms with E-state index < -0.39 is 5.72 Å². The lowest BCUT2D eigenvalue weighted by molar-refractivity contribution is 0.0831. The molecule has 0 saturated carbocycles. The van der Waals surface area contributed by atoms with Gasteiger partial charge in [-0.05, 0) is 59.8 Å². The molecule has 1 atom stereocenters. The number of hydrogen-bond donors (Lipinski definition) is 0. The molecule has 4 heteroatoms. The number of nitrogens with zero attached hydrogens (tertiary/aromatic N) is 2. The van der Waals surface area contributed by atoms with Crippen molar-refractivity contribution in [3.63, 3.8) is 0 Å². The highest BCUT2D eigenvalue weighted by atomic mass is 79.9. The summed E-state index contributed by atoms with van der Waals surface area (Å²) in [6, 6.07) is 23.4. The zero-order chi connectivity index (χ0) is 20.7. The maximum atomic E-state index is 6.84. The standard InChI is InChI=1S/C26H21BrN2O/c1-25(2)23-19-7-5-4-6-16(19)8-12-21(23)29(3)26(25)15-28-24-20-11-10-18(27)14-17(20)9-13-22(24)30-26/h4-15H,1-3H3. The fourth-order valence-corrected chi connectivity index (χ4v) is 5.62. The predicted molar refractivity (Wildman–Crippen MR) is 129 cm³/mol. The van der Waals surface area contributed by atoms with Crippen LogP contribution in [0.3, 0.4) is 0 Å². The number of aliphatic imine (C=N–C) groups is 1. The van der Waals surface area contributed by atoms with Gasteiger partial charge in [-0.3, -0.25) is 4.99 Å². The minimum atomic E-state index is -0.685. The van der Waals surface area contributed by atoms with E-state index in [-0.39, 0.29) is 5.41 Å². The van der Waals surface area contributed by atoms with E-state index in [9.17, 15) is 0 Å². The number of halogens is 1. The molecule has 0 fully saturated rings. The molecule has 30 heavy (non-hydrogen) atoms. The highest BCUT2D eigenvalue weighted by molar-refractivity contribution is 9.10. The van der Waals surface area contributed by atoms with Crippen molar-refractivity contribution in [1.82, 2.24) is 0 Å². The van der Waals surface area contributed by atoms with Crippen molar-refractivity contribution < 1.29 is 4.74 Å². The minimum absolute atomic E-state index is 0.298. The molecule has 148 valence electrons. The van der Waals surface area contributed by atoms with Gasteiger partial charge in [0, 0.05) is 22.6 Å². The molecule has 6 rings (SSSR count). The summed E-state index contributed by atoms with van der Waals surface area (Å²) in [5, 5.41) is 4.77. The molecule has 0 bridgehead atoms. The van der Waals surface area contributed by atoms with Gasteiger partial charge in [-0.2, -0.15) is 0 Å². The topological polar surface area (TPSA) is 24.8 Å². The van der Waals surface area contributed by atoms with E-state index >= 15 is 0 Å². The van der Waals surface area contributed by atoms with Crippen molar-refractivity contribution in [2.24, 2.45) is 4.99 Å². The minimum Gasteiger partial charge on any atom is -0.459 e. The summed E-state index contributed by atoms with van der Waals surface area (Å²) in [6.07, 6.45) is 2.01. The molecule has 2 aliphatic rings. The Balaban J connectivity index is 1.57. The van der Waals surface area contributed by atoms with E-state index in [2.05, 4.69) is 102 Å². The summed E-state index contributed by atoms with van der Waals surface area (Å²) in [5.74, 6) is 0.823. The number of likely N-dealkylation sites (N-methyl/N-ethyl adjacent to an activating group) is 1. The van der Waals surface area contributed by atoms with E-state index in [4.69, 9.17) is 9.73 Å². The summed E-state index contributed by atoms with van der Waals surface area (Å²) < 4.78 is 7.90.